The van der Waals surface area contributed by atoms with E-state index in [2.05, 4.69) is 0 Å². The quantitative estimate of drug-likeness (QED) is 0.853. The number of likely N-dealkylation sites (tertiary alicyclic amines) is 1. The minimum absolute atomic E-state index is 0.222. The molecule has 2 heterocycles. The van der Waals surface area contributed by atoms with Gasteiger partial charge in [0.05, 0.1) is 4.58 Å². The molecule has 1 aromatic carbocycles. The summed E-state index contributed by atoms with van der Waals surface area (Å²) in [5.74, 6) is -0.358. The number of nitrogens with zero attached hydrogens (tertiary/aromatic N) is 1. The summed E-state index contributed by atoms with van der Waals surface area (Å²) in [5, 5.41) is 9.06. The Morgan fingerprint density at radius 3 is 2.24 bits per heavy atom. The van der Waals surface area contributed by atoms with E-state index >= 15 is 0 Å². The fourth-order valence-corrected chi connectivity index (χ4v) is 5.89. The van der Waals surface area contributed by atoms with Crippen LogP contribution in [0.1, 0.15) is 26.9 Å². The number of amides is 1. The number of carboxylic acids is 1. The third kappa shape index (κ3) is 3.36. The van der Waals surface area contributed by atoms with Crippen LogP contribution in [0.15, 0.2) is 24.3 Å². The lowest BCUT2D eigenvalue weighted by atomic mass is 9.86. The molecular formula is C16H16F3NO3S2. The van der Waals surface area contributed by atoms with E-state index in [-0.39, 0.29) is 12.1 Å². The minimum Gasteiger partial charge on any atom is -0.481 e. The molecule has 1 N–H and O–H groups in total. The van der Waals surface area contributed by atoms with Crippen LogP contribution in [0.2, 0.25) is 0 Å². The van der Waals surface area contributed by atoms with Crippen molar-refractivity contribution >= 4 is 35.4 Å². The Kier molecular flexibility index (Phi) is 4.98. The first-order chi connectivity index (χ1) is 11.7. The average Bonchev–Trinajstić information content (AvgIpc) is 3.24. The Morgan fingerprint density at radius 1 is 1.16 bits per heavy atom. The predicted molar refractivity (Wildman–Crippen MR) is 90.7 cm³/mol. The van der Waals surface area contributed by atoms with Crippen molar-refractivity contribution < 1.29 is 27.9 Å². The SMILES string of the molecule is O=C(c1ccc(C2SCCS2)cc1)N1CCC(C(=O)O)(C(F)(F)F)C1. The van der Waals surface area contributed by atoms with Crippen molar-refractivity contribution in [1.82, 2.24) is 4.90 Å². The molecular weight excluding hydrogens is 375 g/mol. The molecule has 4 nitrogen and oxygen atoms in total. The molecule has 9 heteroatoms. The van der Waals surface area contributed by atoms with Crippen LogP contribution < -0.4 is 0 Å². The molecule has 2 aliphatic heterocycles. The largest absolute Gasteiger partial charge is 0.481 e. The summed E-state index contributed by atoms with van der Waals surface area (Å²) in [7, 11) is 0. The molecule has 2 aliphatic rings. The minimum atomic E-state index is -4.89. The highest BCUT2D eigenvalue weighted by Crippen LogP contribution is 2.47. The van der Waals surface area contributed by atoms with E-state index in [9.17, 15) is 22.8 Å². The molecule has 0 radical (unpaired) electrons. The number of carbonyl (C=O) groups is 2. The number of carbonyl (C=O) groups excluding carboxylic acids is 1. The third-order valence-corrected chi connectivity index (χ3v) is 7.66. The zero-order valence-corrected chi connectivity index (χ0v) is 14.7. The molecule has 1 unspecified atom stereocenters. The Morgan fingerprint density at radius 2 is 1.76 bits per heavy atom. The third-order valence-electron chi connectivity index (χ3n) is 4.56. The Balaban J connectivity index is 1.74. The summed E-state index contributed by atoms with van der Waals surface area (Å²) < 4.78 is 39.9. The second kappa shape index (κ2) is 6.75. The average molecular weight is 391 g/mol. The van der Waals surface area contributed by atoms with Gasteiger partial charge in [0.1, 0.15) is 0 Å². The highest BCUT2D eigenvalue weighted by Gasteiger charge is 2.64. The first-order valence-corrected chi connectivity index (χ1v) is 9.77. The summed E-state index contributed by atoms with van der Waals surface area (Å²) >= 11 is 3.64. The molecule has 0 spiro atoms. The van der Waals surface area contributed by atoms with Gasteiger partial charge in [-0.15, -0.1) is 23.5 Å². The first kappa shape index (κ1) is 18.4. The van der Waals surface area contributed by atoms with E-state index in [0.29, 0.717) is 4.58 Å². The summed E-state index contributed by atoms with van der Waals surface area (Å²) in [5.41, 5.74) is -1.53. The number of hydrogen-bond acceptors (Lipinski definition) is 4. The molecule has 2 saturated heterocycles. The number of benzene rings is 1. The molecule has 3 rings (SSSR count). The number of rotatable bonds is 3. The Hall–Kier alpha value is -1.35. The number of aliphatic carboxylic acids is 1. The van der Waals surface area contributed by atoms with Gasteiger partial charge in [-0.1, -0.05) is 12.1 Å². The van der Waals surface area contributed by atoms with Crippen LogP contribution in [0.4, 0.5) is 13.2 Å². The van der Waals surface area contributed by atoms with Crippen LogP contribution in [-0.4, -0.2) is 52.7 Å². The molecule has 136 valence electrons. The maximum Gasteiger partial charge on any atom is 0.406 e. The van der Waals surface area contributed by atoms with Gasteiger partial charge in [-0.05, 0) is 24.1 Å². The molecule has 0 aliphatic carbocycles. The number of thioether (sulfide) groups is 2. The van der Waals surface area contributed by atoms with E-state index in [1.807, 2.05) is 35.7 Å². The van der Waals surface area contributed by atoms with Crippen molar-refractivity contribution in [1.29, 1.82) is 0 Å². The number of alkyl halides is 3. The topological polar surface area (TPSA) is 57.6 Å². The van der Waals surface area contributed by atoms with Gasteiger partial charge in [0.15, 0.2) is 5.41 Å². The molecule has 2 fully saturated rings. The van der Waals surface area contributed by atoms with Crippen LogP contribution >= 0.6 is 23.5 Å². The van der Waals surface area contributed by atoms with Crippen molar-refractivity contribution in [2.24, 2.45) is 5.41 Å². The highest BCUT2D eigenvalue weighted by molar-refractivity contribution is 8.19. The zero-order chi connectivity index (χ0) is 18.2. The van der Waals surface area contributed by atoms with Crippen LogP contribution in [0.5, 0.6) is 0 Å². The van der Waals surface area contributed by atoms with Gasteiger partial charge in [0.2, 0.25) is 0 Å². The Bertz CT molecular complexity index is 674. The van der Waals surface area contributed by atoms with Crippen molar-refractivity contribution in [3.8, 4) is 0 Å². The number of halogens is 3. The van der Waals surface area contributed by atoms with Crippen LogP contribution in [0.3, 0.4) is 0 Å². The molecule has 25 heavy (non-hydrogen) atoms. The van der Waals surface area contributed by atoms with Gasteiger partial charge in [-0.2, -0.15) is 13.2 Å². The monoisotopic (exact) mass is 391 g/mol. The lowest BCUT2D eigenvalue weighted by Crippen LogP contribution is -2.47. The summed E-state index contributed by atoms with van der Waals surface area (Å²) in [6.45, 7) is -1.07. The Labute approximate surface area is 151 Å². The summed E-state index contributed by atoms with van der Waals surface area (Å²) in [4.78, 5) is 24.7. The fraction of sp³-hybridized carbons (Fsp3) is 0.500. The molecule has 0 aromatic heterocycles. The maximum absolute atomic E-state index is 13.2. The molecule has 1 atom stereocenters. The zero-order valence-electron chi connectivity index (χ0n) is 13.1. The van der Waals surface area contributed by atoms with E-state index < -0.39 is 36.4 Å². The number of hydrogen-bond donors (Lipinski definition) is 1. The van der Waals surface area contributed by atoms with Crippen molar-refractivity contribution in [3.63, 3.8) is 0 Å². The van der Waals surface area contributed by atoms with Crippen molar-refractivity contribution in [3.05, 3.63) is 35.4 Å². The van der Waals surface area contributed by atoms with Gasteiger partial charge < -0.3 is 10.0 Å². The van der Waals surface area contributed by atoms with E-state index in [4.69, 9.17) is 5.11 Å². The van der Waals surface area contributed by atoms with Gasteiger partial charge in [0.25, 0.3) is 5.91 Å². The molecule has 0 saturated carbocycles. The molecule has 1 aromatic rings. The molecule has 1 amide bonds. The van der Waals surface area contributed by atoms with E-state index in [1.54, 1.807) is 12.1 Å². The molecule has 0 bridgehead atoms. The summed E-state index contributed by atoms with van der Waals surface area (Å²) in [6.07, 6.45) is -5.51. The van der Waals surface area contributed by atoms with Crippen LogP contribution in [0.25, 0.3) is 0 Å². The highest BCUT2D eigenvalue weighted by atomic mass is 32.2. The van der Waals surface area contributed by atoms with E-state index in [0.717, 1.165) is 22.0 Å². The van der Waals surface area contributed by atoms with Crippen LogP contribution in [-0.2, 0) is 4.79 Å². The van der Waals surface area contributed by atoms with Crippen LogP contribution in [0, 0.1) is 5.41 Å². The van der Waals surface area contributed by atoms with Gasteiger partial charge in [-0.25, -0.2) is 0 Å². The van der Waals surface area contributed by atoms with Crippen molar-refractivity contribution in [2.45, 2.75) is 17.2 Å². The lowest BCUT2D eigenvalue weighted by molar-refractivity contribution is -0.227. The van der Waals surface area contributed by atoms with Gasteiger partial charge >= 0.3 is 12.1 Å². The van der Waals surface area contributed by atoms with Gasteiger partial charge in [-0.3, -0.25) is 9.59 Å². The fourth-order valence-electron chi connectivity index (χ4n) is 3.03. The van der Waals surface area contributed by atoms with E-state index in [1.165, 1.54) is 0 Å². The standard InChI is InChI=1S/C16H16F3NO3S2/c17-16(18,19)15(14(22)23)5-6-20(9-15)12(21)10-1-3-11(4-2-10)13-24-7-8-25-13/h1-4,13H,5-9H2,(H,22,23). The van der Waals surface area contributed by atoms with Crippen molar-refractivity contribution in [2.75, 3.05) is 24.6 Å². The predicted octanol–water partition coefficient (Wildman–Crippen LogP) is 3.64. The second-order valence-corrected chi connectivity index (χ2v) is 8.78. The second-order valence-electron chi connectivity index (χ2n) is 6.06. The lowest BCUT2D eigenvalue weighted by Gasteiger charge is -2.27. The normalized spacial score (nSPS) is 24.7. The van der Waals surface area contributed by atoms with Gasteiger partial charge in [0, 0.05) is 30.2 Å². The smallest absolute Gasteiger partial charge is 0.406 e. The summed E-state index contributed by atoms with van der Waals surface area (Å²) in [6, 6.07) is 6.83. The maximum atomic E-state index is 13.2. The number of carboxylic acid groups (broad SMARTS) is 1. The first-order valence-electron chi connectivity index (χ1n) is 7.67.